The van der Waals surface area contributed by atoms with Crippen LogP contribution in [0.5, 0.6) is 5.75 Å². The van der Waals surface area contributed by atoms with Crippen LogP contribution in [-0.4, -0.2) is 44.4 Å². The number of morpholine rings is 1. The predicted molar refractivity (Wildman–Crippen MR) is 71.7 cm³/mol. The summed E-state index contributed by atoms with van der Waals surface area (Å²) in [4.78, 5) is 2.30. The maximum atomic E-state index is 12.7. The lowest BCUT2D eigenvalue weighted by atomic mass is 10.2. The van der Waals surface area contributed by atoms with E-state index in [9.17, 15) is 4.39 Å². The summed E-state index contributed by atoms with van der Waals surface area (Å²) in [7, 11) is 0. The average Bonchev–Trinajstić information content (AvgIpc) is 2.42. The number of ether oxygens (including phenoxy) is 2. The summed E-state index contributed by atoms with van der Waals surface area (Å²) in [5, 5.41) is 0. The fraction of sp³-hybridized carbons (Fsp3) is 0.538. The van der Waals surface area contributed by atoms with Crippen molar-refractivity contribution in [3.05, 3.63) is 28.2 Å². The van der Waals surface area contributed by atoms with E-state index in [0.29, 0.717) is 12.2 Å². The molecule has 1 fully saturated rings. The molecule has 0 unspecified atom stereocenters. The van der Waals surface area contributed by atoms with Crippen LogP contribution in [0.3, 0.4) is 0 Å². The van der Waals surface area contributed by atoms with Crippen molar-refractivity contribution < 1.29 is 13.9 Å². The molecule has 0 saturated carbocycles. The van der Waals surface area contributed by atoms with E-state index in [1.54, 1.807) is 6.07 Å². The Labute approximate surface area is 115 Å². The van der Waals surface area contributed by atoms with Crippen molar-refractivity contribution >= 4 is 15.9 Å². The Morgan fingerprint density at radius 3 is 2.83 bits per heavy atom. The second-order valence-electron chi connectivity index (χ2n) is 4.19. The summed E-state index contributed by atoms with van der Waals surface area (Å²) in [6.07, 6.45) is 0. The summed E-state index contributed by atoms with van der Waals surface area (Å²) in [5.41, 5.74) is 0.624. The van der Waals surface area contributed by atoms with Gasteiger partial charge in [-0.3, -0.25) is 4.90 Å². The van der Waals surface area contributed by atoms with Gasteiger partial charge in [-0.15, -0.1) is 0 Å². The Morgan fingerprint density at radius 1 is 1.33 bits per heavy atom. The molecule has 1 aliphatic rings. The van der Waals surface area contributed by atoms with Crippen LogP contribution in [0.4, 0.5) is 4.39 Å². The molecule has 0 spiro atoms. The number of rotatable bonds is 5. The fourth-order valence-corrected chi connectivity index (χ4v) is 2.21. The van der Waals surface area contributed by atoms with E-state index in [1.165, 1.54) is 0 Å². The Bertz CT molecular complexity index is 383. The highest BCUT2D eigenvalue weighted by atomic mass is 79.9. The van der Waals surface area contributed by atoms with Crippen LogP contribution >= 0.6 is 15.9 Å². The van der Waals surface area contributed by atoms with E-state index in [0.717, 1.165) is 43.1 Å². The van der Waals surface area contributed by atoms with E-state index in [1.807, 2.05) is 12.1 Å². The highest BCUT2D eigenvalue weighted by Crippen LogP contribution is 2.23. The molecular formula is C13H17BrFNO2. The fourth-order valence-electron chi connectivity index (χ4n) is 1.86. The second kappa shape index (κ2) is 7.07. The Balaban J connectivity index is 1.79. The Kier molecular flexibility index (Phi) is 5.41. The summed E-state index contributed by atoms with van der Waals surface area (Å²) in [6.45, 7) is 4.52. The maximum absolute atomic E-state index is 12.7. The van der Waals surface area contributed by atoms with Gasteiger partial charge in [0.25, 0.3) is 0 Å². The quantitative estimate of drug-likeness (QED) is 0.833. The van der Waals surface area contributed by atoms with Gasteiger partial charge in [-0.05, 0) is 18.2 Å². The van der Waals surface area contributed by atoms with Crippen molar-refractivity contribution in [1.29, 1.82) is 0 Å². The number of nitrogens with zero attached hydrogens (tertiary/aromatic N) is 1. The lowest BCUT2D eigenvalue weighted by Gasteiger charge is -2.26. The summed E-state index contributed by atoms with van der Waals surface area (Å²) < 4.78 is 24.4. The minimum absolute atomic E-state index is 0.485. The lowest BCUT2D eigenvalue weighted by Crippen LogP contribution is -2.38. The Morgan fingerprint density at radius 2 is 2.11 bits per heavy atom. The van der Waals surface area contributed by atoms with E-state index in [4.69, 9.17) is 9.47 Å². The SMILES string of the molecule is FCc1cc(OCCN2CCOCC2)ccc1Br. The zero-order valence-corrected chi connectivity index (χ0v) is 11.8. The van der Waals surface area contributed by atoms with Gasteiger partial charge < -0.3 is 9.47 Å². The van der Waals surface area contributed by atoms with Crippen molar-refractivity contribution in [1.82, 2.24) is 4.90 Å². The maximum Gasteiger partial charge on any atom is 0.119 e. The van der Waals surface area contributed by atoms with Crippen molar-refractivity contribution in [3.63, 3.8) is 0 Å². The van der Waals surface area contributed by atoms with Gasteiger partial charge in [0, 0.05) is 29.7 Å². The standard InChI is InChI=1S/C13H17BrFNO2/c14-13-2-1-12(9-11(13)10-15)18-8-5-16-3-6-17-7-4-16/h1-2,9H,3-8,10H2. The molecule has 1 aromatic rings. The third kappa shape index (κ3) is 3.93. The molecule has 100 valence electrons. The molecule has 18 heavy (non-hydrogen) atoms. The molecule has 0 amide bonds. The zero-order valence-electron chi connectivity index (χ0n) is 10.2. The van der Waals surface area contributed by atoms with Crippen molar-refractivity contribution in [2.45, 2.75) is 6.67 Å². The molecule has 0 aromatic heterocycles. The molecular weight excluding hydrogens is 301 g/mol. The van der Waals surface area contributed by atoms with Crippen LogP contribution < -0.4 is 4.74 Å². The molecule has 1 aliphatic heterocycles. The summed E-state index contributed by atoms with van der Waals surface area (Å²) in [5.74, 6) is 0.721. The first-order valence-electron chi connectivity index (χ1n) is 6.07. The number of hydrogen-bond donors (Lipinski definition) is 0. The molecule has 0 aliphatic carbocycles. The molecule has 5 heteroatoms. The van der Waals surface area contributed by atoms with Gasteiger partial charge >= 0.3 is 0 Å². The molecule has 2 rings (SSSR count). The molecule has 1 heterocycles. The van der Waals surface area contributed by atoms with Gasteiger partial charge in [-0.2, -0.15) is 0 Å². The molecule has 3 nitrogen and oxygen atoms in total. The van der Waals surface area contributed by atoms with Crippen molar-refractivity contribution in [2.24, 2.45) is 0 Å². The topological polar surface area (TPSA) is 21.7 Å². The van der Waals surface area contributed by atoms with Crippen LogP contribution in [0.2, 0.25) is 0 Å². The smallest absolute Gasteiger partial charge is 0.119 e. The van der Waals surface area contributed by atoms with Gasteiger partial charge in [0.1, 0.15) is 19.0 Å². The first-order chi connectivity index (χ1) is 8.79. The molecule has 0 N–H and O–H groups in total. The normalized spacial score (nSPS) is 16.8. The lowest BCUT2D eigenvalue weighted by molar-refractivity contribution is 0.0322. The third-order valence-electron chi connectivity index (χ3n) is 2.94. The number of benzene rings is 1. The monoisotopic (exact) mass is 317 g/mol. The van der Waals surface area contributed by atoms with E-state index in [2.05, 4.69) is 20.8 Å². The van der Waals surface area contributed by atoms with Crippen LogP contribution in [-0.2, 0) is 11.4 Å². The molecule has 0 bridgehead atoms. The predicted octanol–water partition coefficient (Wildman–Crippen LogP) is 2.63. The molecule has 0 radical (unpaired) electrons. The summed E-state index contributed by atoms with van der Waals surface area (Å²) in [6, 6.07) is 5.41. The van der Waals surface area contributed by atoms with E-state index in [-0.39, 0.29) is 0 Å². The highest BCUT2D eigenvalue weighted by Gasteiger charge is 2.10. The van der Waals surface area contributed by atoms with Crippen LogP contribution in [0.15, 0.2) is 22.7 Å². The van der Waals surface area contributed by atoms with E-state index < -0.39 is 6.67 Å². The Hall–Kier alpha value is -0.650. The van der Waals surface area contributed by atoms with Gasteiger partial charge in [-0.1, -0.05) is 15.9 Å². The van der Waals surface area contributed by atoms with Gasteiger partial charge in [0.2, 0.25) is 0 Å². The van der Waals surface area contributed by atoms with Crippen LogP contribution in [0.1, 0.15) is 5.56 Å². The van der Waals surface area contributed by atoms with E-state index >= 15 is 0 Å². The van der Waals surface area contributed by atoms with Crippen LogP contribution in [0.25, 0.3) is 0 Å². The minimum Gasteiger partial charge on any atom is -0.492 e. The highest BCUT2D eigenvalue weighted by molar-refractivity contribution is 9.10. The van der Waals surface area contributed by atoms with Gasteiger partial charge in [0.05, 0.1) is 13.2 Å². The van der Waals surface area contributed by atoms with Crippen molar-refractivity contribution in [2.75, 3.05) is 39.5 Å². The molecule has 1 aromatic carbocycles. The van der Waals surface area contributed by atoms with Gasteiger partial charge in [0.15, 0.2) is 0 Å². The number of hydrogen-bond acceptors (Lipinski definition) is 3. The third-order valence-corrected chi connectivity index (χ3v) is 3.71. The van der Waals surface area contributed by atoms with Crippen LogP contribution in [0, 0.1) is 0 Å². The first kappa shape index (κ1) is 13.8. The van der Waals surface area contributed by atoms with Crippen molar-refractivity contribution in [3.8, 4) is 5.75 Å². The molecule has 0 atom stereocenters. The summed E-state index contributed by atoms with van der Waals surface area (Å²) >= 11 is 3.30. The first-order valence-corrected chi connectivity index (χ1v) is 6.86. The number of alkyl halides is 1. The number of halogens is 2. The van der Waals surface area contributed by atoms with Gasteiger partial charge in [-0.25, -0.2) is 4.39 Å². The average molecular weight is 318 g/mol. The minimum atomic E-state index is -0.485. The molecule has 1 saturated heterocycles. The largest absolute Gasteiger partial charge is 0.492 e. The zero-order chi connectivity index (χ0) is 12.8. The second-order valence-corrected chi connectivity index (χ2v) is 5.04.